The third-order valence-corrected chi connectivity index (χ3v) is 5.33. The number of hydrogen-bond donors (Lipinski definition) is 2. The van der Waals surface area contributed by atoms with Crippen molar-refractivity contribution in [3.05, 3.63) is 48.0 Å². The lowest BCUT2D eigenvalue weighted by molar-refractivity contribution is 0.400. The molecule has 0 bridgehead atoms. The van der Waals surface area contributed by atoms with Crippen molar-refractivity contribution in [3.63, 3.8) is 0 Å². The molecule has 3 N–H and O–H groups in total. The molecule has 0 aromatic heterocycles. The van der Waals surface area contributed by atoms with Crippen molar-refractivity contribution in [2.75, 3.05) is 32.9 Å². The highest BCUT2D eigenvalue weighted by molar-refractivity contribution is 7.89. The molecule has 0 aliphatic carbocycles. The highest BCUT2D eigenvalue weighted by Gasteiger charge is 2.13. The summed E-state index contributed by atoms with van der Waals surface area (Å²) in [6.45, 7) is 3.23. The van der Waals surface area contributed by atoms with Crippen LogP contribution < -0.4 is 10.5 Å². The van der Waals surface area contributed by atoms with Gasteiger partial charge in [-0.15, -0.1) is 0 Å². The molecule has 5 nitrogen and oxygen atoms in total. The molecule has 0 saturated heterocycles. The summed E-state index contributed by atoms with van der Waals surface area (Å²) in [5, 5.41) is 0. The van der Waals surface area contributed by atoms with Crippen LogP contribution in [0.25, 0.3) is 11.1 Å². The maximum Gasteiger partial charge on any atom is 0.240 e. The number of aryl methyl sites for hydroxylation is 1. The maximum absolute atomic E-state index is 12.3. The van der Waals surface area contributed by atoms with E-state index in [4.69, 9.17) is 5.73 Å². The van der Waals surface area contributed by atoms with Crippen LogP contribution in [-0.2, 0) is 10.0 Å². The second-order valence-corrected chi connectivity index (χ2v) is 7.92. The Bertz CT molecular complexity index is 784. The van der Waals surface area contributed by atoms with Crippen LogP contribution in [-0.4, -0.2) is 40.5 Å². The quantitative estimate of drug-likeness (QED) is 0.596. The van der Waals surface area contributed by atoms with Crippen molar-refractivity contribution in [2.45, 2.75) is 18.2 Å². The number of nitrogens with zero attached hydrogens (tertiary/aromatic N) is 1. The fourth-order valence-corrected chi connectivity index (χ4v) is 3.41. The molecule has 0 spiro atoms. The molecule has 0 radical (unpaired) electrons. The van der Waals surface area contributed by atoms with E-state index in [1.165, 1.54) is 0 Å². The van der Waals surface area contributed by atoms with Crippen LogP contribution in [0.15, 0.2) is 47.4 Å². The van der Waals surface area contributed by atoms with Gasteiger partial charge in [0, 0.05) is 12.2 Å². The Morgan fingerprint density at radius 2 is 1.67 bits per heavy atom. The molecule has 0 unspecified atom stereocenters. The van der Waals surface area contributed by atoms with Gasteiger partial charge >= 0.3 is 0 Å². The average molecular weight is 347 g/mol. The van der Waals surface area contributed by atoms with Crippen molar-refractivity contribution in [2.24, 2.45) is 0 Å². The summed E-state index contributed by atoms with van der Waals surface area (Å²) in [6, 6.07) is 12.7. The number of nitrogens with two attached hydrogens (primary N) is 1. The van der Waals surface area contributed by atoms with Crippen LogP contribution >= 0.6 is 0 Å². The molecule has 2 aromatic carbocycles. The van der Waals surface area contributed by atoms with E-state index in [1.54, 1.807) is 24.3 Å². The summed E-state index contributed by atoms with van der Waals surface area (Å²) < 4.78 is 27.2. The Morgan fingerprint density at radius 3 is 2.25 bits per heavy atom. The third kappa shape index (κ3) is 4.80. The van der Waals surface area contributed by atoms with Gasteiger partial charge < -0.3 is 10.6 Å². The Labute approximate surface area is 144 Å². The number of nitrogen functional groups attached to an aromatic ring is 1. The number of anilines is 1. The van der Waals surface area contributed by atoms with Crippen molar-refractivity contribution >= 4 is 15.7 Å². The minimum Gasteiger partial charge on any atom is -0.398 e. The lowest BCUT2D eigenvalue weighted by atomic mass is 10.0. The molecule has 0 aliphatic heterocycles. The van der Waals surface area contributed by atoms with E-state index in [0.717, 1.165) is 35.3 Å². The van der Waals surface area contributed by atoms with Crippen molar-refractivity contribution in [3.8, 4) is 11.1 Å². The normalized spacial score (nSPS) is 11.8. The van der Waals surface area contributed by atoms with Gasteiger partial charge in [-0.1, -0.05) is 24.3 Å². The standard InChI is InChI=1S/C18H25N3O2S/c1-14-5-6-16(13-18(14)19)15-7-9-17(10-8-15)24(22,23)20-11-4-12-21(2)3/h5-10,13,20H,4,11-12,19H2,1-3H3. The van der Waals surface area contributed by atoms with Crippen molar-refractivity contribution < 1.29 is 8.42 Å². The minimum atomic E-state index is -3.47. The Kier molecular flexibility index (Phi) is 5.99. The molecule has 2 aromatic rings. The first-order valence-electron chi connectivity index (χ1n) is 7.90. The fourth-order valence-electron chi connectivity index (χ4n) is 2.33. The van der Waals surface area contributed by atoms with Gasteiger partial charge in [-0.05, 0) is 68.9 Å². The molecule has 6 heteroatoms. The first-order chi connectivity index (χ1) is 11.3. The zero-order valence-corrected chi connectivity index (χ0v) is 15.2. The molecule has 24 heavy (non-hydrogen) atoms. The van der Waals surface area contributed by atoms with E-state index in [0.29, 0.717) is 6.54 Å². The topological polar surface area (TPSA) is 75.4 Å². The van der Waals surface area contributed by atoms with Crippen LogP contribution in [0.1, 0.15) is 12.0 Å². The van der Waals surface area contributed by atoms with Gasteiger partial charge in [0.2, 0.25) is 10.0 Å². The van der Waals surface area contributed by atoms with Crippen LogP contribution in [0.3, 0.4) is 0 Å². The summed E-state index contributed by atoms with van der Waals surface area (Å²) in [4.78, 5) is 2.30. The van der Waals surface area contributed by atoms with Gasteiger partial charge in [-0.2, -0.15) is 0 Å². The SMILES string of the molecule is Cc1ccc(-c2ccc(S(=O)(=O)NCCCN(C)C)cc2)cc1N. The van der Waals surface area contributed by atoms with Crippen molar-refractivity contribution in [1.82, 2.24) is 9.62 Å². The average Bonchev–Trinajstić information content (AvgIpc) is 2.54. The third-order valence-electron chi connectivity index (χ3n) is 3.85. The van der Waals surface area contributed by atoms with E-state index in [-0.39, 0.29) is 4.90 Å². The maximum atomic E-state index is 12.3. The largest absolute Gasteiger partial charge is 0.398 e. The number of rotatable bonds is 7. The summed E-state index contributed by atoms with van der Waals surface area (Å²) in [7, 11) is 0.461. The summed E-state index contributed by atoms with van der Waals surface area (Å²) in [6.07, 6.45) is 0.771. The molecule has 2 rings (SSSR count). The molecule has 0 heterocycles. The highest BCUT2D eigenvalue weighted by atomic mass is 32.2. The number of hydrogen-bond acceptors (Lipinski definition) is 4. The molecule has 0 fully saturated rings. The second kappa shape index (κ2) is 7.79. The van der Waals surface area contributed by atoms with Gasteiger partial charge in [0.25, 0.3) is 0 Å². The molecular formula is C18H25N3O2S. The van der Waals surface area contributed by atoms with Crippen LogP contribution in [0.5, 0.6) is 0 Å². The predicted molar refractivity (Wildman–Crippen MR) is 99.4 cm³/mol. The van der Waals surface area contributed by atoms with Gasteiger partial charge in [-0.3, -0.25) is 0 Å². The molecule has 0 saturated carbocycles. The highest BCUT2D eigenvalue weighted by Crippen LogP contribution is 2.24. The number of sulfonamides is 1. The monoisotopic (exact) mass is 347 g/mol. The molecule has 130 valence electrons. The van der Waals surface area contributed by atoms with Crippen molar-refractivity contribution in [1.29, 1.82) is 0 Å². The Morgan fingerprint density at radius 1 is 1.04 bits per heavy atom. The van der Waals surface area contributed by atoms with E-state index < -0.39 is 10.0 Å². The van der Waals surface area contributed by atoms with Crippen LogP contribution in [0.2, 0.25) is 0 Å². The van der Waals surface area contributed by atoms with Gasteiger partial charge in [0.05, 0.1) is 4.90 Å². The Hall–Kier alpha value is -1.89. The number of nitrogens with one attached hydrogen (secondary N) is 1. The predicted octanol–water partition coefficient (Wildman–Crippen LogP) is 2.47. The van der Waals surface area contributed by atoms with Crippen LogP contribution in [0, 0.1) is 6.92 Å². The Balaban J connectivity index is 2.09. The zero-order valence-electron chi connectivity index (χ0n) is 14.4. The minimum absolute atomic E-state index is 0.274. The first-order valence-corrected chi connectivity index (χ1v) is 9.39. The summed E-state index contributed by atoms with van der Waals surface area (Å²) in [5.74, 6) is 0. The smallest absolute Gasteiger partial charge is 0.240 e. The van der Waals surface area contributed by atoms with Gasteiger partial charge in [0.1, 0.15) is 0 Å². The lowest BCUT2D eigenvalue weighted by Crippen LogP contribution is -2.27. The van der Waals surface area contributed by atoms with Crippen LogP contribution in [0.4, 0.5) is 5.69 Å². The number of benzene rings is 2. The second-order valence-electron chi connectivity index (χ2n) is 6.15. The van der Waals surface area contributed by atoms with E-state index in [2.05, 4.69) is 4.72 Å². The zero-order chi connectivity index (χ0) is 17.7. The van der Waals surface area contributed by atoms with E-state index in [9.17, 15) is 8.42 Å². The fraction of sp³-hybridized carbons (Fsp3) is 0.333. The molecule has 0 aliphatic rings. The first kappa shape index (κ1) is 18.4. The molecule has 0 amide bonds. The van der Waals surface area contributed by atoms with E-state index >= 15 is 0 Å². The molecular weight excluding hydrogens is 322 g/mol. The van der Waals surface area contributed by atoms with Gasteiger partial charge in [0.15, 0.2) is 0 Å². The molecule has 0 atom stereocenters. The summed E-state index contributed by atoms with van der Waals surface area (Å²) in [5.41, 5.74) is 9.60. The van der Waals surface area contributed by atoms with E-state index in [1.807, 2.05) is 44.1 Å². The lowest BCUT2D eigenvalue weighted by Gasteiger charge is -2.11. The summed E-state index contributed by atoms with van der Waals surface area (Å²) >= 11 is 0. The van der Waals surface area contributed by atoms with Gasteiger partial charge in [-0.25, -0.2) is 13.1 Å².